The number of anilines is 1. The quantitative estimate of drug-likeness (QED) is 0.319. The second-order valence-corrected chi connectivity index (χ2v) is 12.1. The Kier molecular flexibility index (Phi) is 10.1. The maximum atomic E-state index is 13.8. The topological polar surface area (TPSA) is 86.8 Å². The summed E-state index contributed by atoms with van der Waals surface area (Å²) < 4.78 is 28.7. The number of aryl methyl sites for hydroxylation is 1. The number of nitrogens with zero attached hydrogens (tertiary/aromatic N) is 2. The molecule has 3 rings (SSSR count). The van der Waals surface area contributed by atoms with Crippen molar-refractivity contribution in [2.45, 2.75) is 36.2 Å². The summed E-state index contributed by atoms with van der Waals surface area (Å²) in [6.07, 6.45) is 1.90. The molecular weight excluding hydrogens is 565 g/mol. The summed E-state index contributed by atoms with van der Waals surface area (Å²) in [6.45, 7) is 2.98. The van der Waals surface area contributed by atoms with Crippen molar-refractivity contribution in [3.8, 4) is 0 Å². The molecule has 0 aromatic heterocycles. The lowest BCUT2D eigenvalue weighted by Crippen LogP contribution is -2.50. The molecule has 11 heteroatoms. The summed E-state index contributed by atoms with van der Waals surface area (Å²) in [7, 11) is -2.65. The third-order valence-electron chi connectivity index (χ3n) is 6.00. The second-order valence-electron chi connectivity index (χ2n) is 8.58. The fourth-order valence-corrected chi connectivity index (χ4v) is 5.88. The zero-order chi connectivity index (χ0) is 28.0. The number of amides is 2. The number of hydrogen-bond acceptors (Lipinski definition) is 5. The molecule has 0 aliphatic heterocycles. The molecular formula is C27H29Cl2N3O4S2. The number of carbonyl (C=O) groups excluding carboxylic acids is 2. The van der Waals surface area contributed by atoms with E-state index < -0.39 is 34.4 Å². The zero-order valence-electron chi connectivity index (χ0n) is 21.4. The van der Waals surface area contributed by atoms with Crippen molar-refractivity contribution in [1.29, 1.82) is 0 Å². The molecule has 0 spiro atoms. The molecule has 0 radical (unpaired) electrons. The van der Waals surface area contributed by atoms with E-state index in [-0.39, 0.29) is 11.4 Å². The van der Waals surface area contributed by atoms with Crippen molar-refractivity contribution in [3.05, 3.63) is 87.9 Å². The van der Waals surface area contributed by atoms with Gasteiger partial charge < -0.3 is 10.2 Å². The molecule has 202 valence electrons. The molecule has 7 nitrogen and oxygen atoms in total. The number of benzene rings is 3. The minimum absolute atomic E-state index is 0.0223. The average molecular weight is 595 g/mol. The molecule has 3 aromatic rings. The van der Waals surface area contributed by atoms with Crippen LogP contribution in [-0.4, -0.2) is 51.0 Å². The normalized spacial score (nSPS) is 12.1. The number of thioether (sulfide) groups is 1. The fraction of sp³-hybridized carbons (Fsp3) is 0.259. The Morgan fingerprint density at radius 1 is 0.974 bits per heavy atom. The maximum absolute atomic E-state index is 13.8. The third kappa shape index (κ3) is 7.02. The Labute approximate surface area is 238 Å². The van der Waals surface area contributed by atoms with Crippen molar-refractivity contribution in [2.75, 3.05) is 24.2 Å². The third-order valence-corrected chi connectivity index (χ3v) is 9.27. The van der Waals surface area contributed by atoms with E-state index in [2.05, 4.69) is 5.32 Å². The maximum Gasteiger partial charge on any atom is 0.264 e. The minimum atomic E-state index is -4.12. The van der Waals surface area contributed by atoms with Gasteiger partial charge in [0.25, 0.3) is 10.0 Å². The minimum Gasteiger partial charge on any atom is -0.357 e. The Hall–Kier alpha value is -2.72. The van der Waals surface area contributed by atoms with Gasteiger partial charge in [-0.25, -0.2) is 8.42 Å². The summed E-state index contributed by atoms with van der Waals surface area (Å²) >= 11 is 13.7. The van der Waals surface area contributed by atoms with Gasteiger partial charge in [-0.05, 0) is 74.2 Å². The predicted molar refractivity (Wildman–Crippen MR) is 154 cm³/mol. The van der Waals surface area contributed by atoms with Crippen LogP contribution in [-0.2, 0) is 26.2 Å². The summed E-state index contributed by atoms with van der Waals surface area (Å²) in [4.78, 5) is 28.6. The first-order valence-corrected chi connectivity index (χ1v) is 15.1. The summed E-state index contributed by atoms with van der Waals surface area (Å²) in [5.74, 6) is -0.951. The lowest BCUT2D eigenvalue weighted by molar-refractivity contribution is -0.139. The predicted octanol–water partition coefficient (Wildman–Crippen LogP) is 5.38. The number of rotatable bonds is 10. The number of carbonyl (C=O) groups is 2. The lowest BCUT2D eigenvalue weighted by atomic mass is 10.1. The molecule has 0 heterocycles. The van der Waals surface area contributed by atoms with Crippen LogP contribution in [0.15, 0.2) is 76.5 Å². The number of hydrogen-bond donors (Lipinski definition) is 1. The van der Waals surface area contributed by atoms with Crippen molar-refractivity contribution >= 4 is 62.5 Å². The molecule has 3 aromatic carbocycles. The molecule has 0 saturated carbocycles. The largest absolute Gasteiger partial charge is 0.357 e. The van der Waals surface area contributed by atoms with E-state index >= 15 is 0 Å². The Morgan fingerprint density at radius 2 is 1.61 bits per heavy atom. The first-order chi connectivity index (χ1) is 18.0. The van der Waals surface area contributed by atoms with Crippen LogP contribution in [0.5, 0.6) is 0 Å². The zero-order valence-corrected chi connectivity index (χ0v) is 24.6. The molecule has 2 amide bonds. The van der Waals surface area contributed by atoms with E-state index in [9.17, 15) is 18.0 Å². The van der Waals surface area contributed by atoms with Crippen LogP contribution in [0.4, 0.5) is 5.69 Å². The first kappa shape index (κ1) is 29.8. The molecule has 0 fully saturated rings. The smallest absolute Gasteiger partial charge is 0.264 e. The number of halogens is 2. The highest BCUT2D eigenvalue weighted by molar-refractivity contribution is 7.98. The van der Waals surface area contributed by atoms with Crippen LogP contribution in [0, 0.1) is 6.92 Å². The van der Waals surface area contributed by atoms with Crippen LogP contribution in [0.2, 0.25) is 10.0 Å². The Balaban J connectivity index is 2.03. The summed E-state index contributed by atoms with van der Waals surface area (Å²) in [6, 6.07) is 17.4. The molecule has 0 aliphatic carbocycles. The van der Waals surface area contributed by atoms with E-state index in [1.807, 2.05) is 13.2 Å². The van der Waals surface area contributed by atoms with Gasteiger partial charge in [0, 0.05) is 18.5 Å². The first-order valence-electron chi connectivity index (χ1n) is 11.7. The van der Waals surface area contributed by atoms with Crippen molar-refractivity contribution in [1.82, 2.24) is 10.2 Å². The van der Waals surface area contributed by atoms with Gasteiger partial charge in [0.15, 0.2) is 0 Å². The van der Waals surface area contributed by atoms with Gasteiger partial charge in [-0.3, -0.25) is 13.9 Å². The van der Waals surface area contributed by atoms with E-state index in [0.29, 0.717) is 21.3 Å². The van der Waals surface area contributed by atoms with Crippen LogP contribution in [0.3, 0.4) is 0 Å². The number of likely N-dealkylation sites (N-methyl/N-ethyl adjacent to an activating group) is 1. The van der Waals surface area contributed by atoms with Crippen molar-refractivity contribution < 1.29 is 18.0 Å². The van der Waals surface area contributed by atoms with Gasteiger partial charge in [0.1, 0.15) is 12.6 Å². The lowest BCUT2D eigenvalue weighted by Gasteiger charge is -2.32. The highest BCUT2D eigenvalue weighted by Crippen LogP contribution is 2.27. The van der Waals surface area contributed by atoms with Gasteiger partial charge in [-0.2, -0.15) is 0 Å². The van der Waals surface area contributed by atoms with Gasteiger partial charge in [-0.1, -0.05) is 47.0 Å². The van der Waals surface area contributed by atoms with Gasteiger partial charge in [0.2, 0.25) is 11.8 Å². The summed E-state index contributed by atoms with van der Waals surface area (Å²) in [5.41, 5.74) is 1.91. The molecule has 0 unspecified atom stereocenters. The van der Waals surface area contributed by atoms with E-state index in [4.69, 9.17) is 23.2 Å². The molecule has 1 atom stereocenters. The van der Waals surface area contributed by atoms with Crippen LogP contribution < -0.4 is 9.62 Å². The number of nitrogens with one attached hydrogen (secondary N) is 1. The Morgan fingerprint density at radius 3 is 2.16 bits per heavy atom. The summed E-state index contributed by atoms with van der Waals surface area (Å²) in [5, 5.41) is 3.22. The van der Waals surface area contributed by atoms with Crippen LogP contribution >= 0.6 is 35.0 Å². The number of sulfonamides is 1. The van der Waals surface area contributed by atoms with E-state index in [1.54, 1.807) is 61.5 Å². The fourth-order valence-electron chi connectivity index (χ4n) is 3.74. The highest BCUT2D eigenvalue weighted by Gasteiger charge is 2.32. The Bertz CT molecular complexity index is 1400. The van der Waals surface area contributed by atoms with Crippen LogP contribution in [0.1, 0.15) is 18.1 Å². The van der Waals surface area contributed by atoms with Gasteiger partial charge in [-0.15, -0.1) is 11.8 Å². The standard InChI is InChI=1S/C27H29Cl2N3O4S2/c1-18-5-8-21(9-6-18)32(38(35,36)23-12-10-22(37-4)11-13-23)17-26(33)31(19(2)27(34)30-3)16-20-7-14-24(28)25(29)15-20/h5-15,19H,16-17H2,1-4H3,(H,30,34)/t19-/m0/s1. The SMILES string of the molecule is CNC(=O)[C@H](C)N(Cc1ccc(Cl)c(Cl)c1)C(=O)CN(c1ccc(C)cc1)S(=O)(=O)c1ccc(SC)cc1. The second kappa shape index (κ2) is 12.9. The molecule has 1 N–H and O–H groups in total. The molecule has 0 aliphatic rings. The van der Waals surface area contributed by atoms with Gasteiger partial charge >= 0.3 is 0 Å². The van der Waals surface area contributed by atoms with Crippen LogP contribution in [0.25, 0.3) is 0 Å². The van der Waals surface area contributed by atoms with Crippen molar-refractivity contribution in [3.63, 3.8) is 0 Å². The van der Waals surface area contributed by atoms with E-state index in [0.717, 1.165) is 14.8 Å². The average Bonchev–Trinajstić information content (AvgIpc) is 2.91. The van der Waals surface area contributed by atoms with Crippen molar-refractivity contribution in [2.24, 2.45) is 0 Å². The highest BCUT2D eigenvalue weighted by atomic mass is 35.5. The molecule has 38 heavy (non-hydrogen) atoms. The van der Waals surface area contributed by atoms with E-state index in [1.165, 1.54) is 35.8 Å². The van der Waals surface area contributed by atoms with Gasteiger partial charge in [0.05, 0.1) is 20.6 Å². The molecule has 0 saturated heterocycles. The molecule has 0 bridgehead atoms. The monoisotopic (exact) mass is 593 g/mol.